The highest BCUT2D eigenvalue weighted by Crippen LogP contribution is 2.56. The van der Waals surface area contributed by atoms with Gasteiger partial charge in [-0.05, 0) is 36.2 Å². The van der Waals surface area contributed by atoms with Gasteiger partial charge in [-0.2, -0.15) is 0 Å². The average molecular weight is 380 g/mol. The Morgan fingerprint density at radius 1 is 0.815 bits per heavy atom. The first-order valence-corrected chi connectivity index (χ1v) is 9.39. The van der Waals surface area contributed by atoms with Crippen molar-refractivity contribution in [3.63, 3.8) is 0 Å². The van der Waals surface area contributed by atoms with Crippen molar-refractivity contribution >= 4 is 29.1 Å². The molecule has 1 heterocycles. The summed E-state index contributed by atoms with van der Waals surface area (Å²) in [5.74, 6) is -1.72. The molecule has 2 atom stereocenters. The van der Waals surface area contributed by atoms with E-state index in [-0.39, 0.29) is 5.11 Å². The Morgan fingerprint density at radius 2 is 1.22 bits per heavy atom. The van der Waals surface area contributed by atoms with Crippen LogP contribution in [0.25, 0.3) is 0 Å². The minimum Gasteiger partial charge on any atom is -0.393 e. The fourth-order valence-corrected chi connectivity index (χ4v) is 4.79. The molecule has 27 heavy (non-hydrogen) atoms. The van der Waals surface area contributed by atoms with E-state index in [1.807, 2.05) is 60.7 Å². The SMILES string of the molecule is O=C1NC(=S)NC(=O)C12C(c1ccccc1)CC(O)CC2c1ccccc1. The maximum atomic E-state index is 13.3. The van der Waals surface area contributed by atoms with Crippen LogP contribution in [0.4, 0.5) is 0 Å². The first kappa shape index (κ1) is 17.8. The predicted octanol–water partition coefficient (Wildman–Crippen LogP) is 2.23. The number of aliphatic hydroxyl groups is 1. The molecule has 1 aliphatic heterocycles. The third kappa shape index (κ3) is 2.85. The molecule has 1 saturated carbocycles. The van der Waals surface area contributed by atoms with Crippen LogP contribution in [-0.4, -0.2) is 28.1 Å². The van der Waals surface area contributed by atoms with Gasteiger partial charge in [0.25, 0.3) is 0 Å². The minimum absolute atomic E-state index is 0.0281. The van der Waals surface area contributed by atoms with Crippen LogP contribution in [0.1, 0.15) is 35.8 Å². The Labute approximate surface area is 162 Å². The summed E-state index contributed by atoms with van der Waals surface area (Å²) in [7, 11) is 0. The summed E-state index contributed by atoms with van der Waals surface area (Å²) < 4.78 is 0. The van der Waals surface area contributed by atoms with Gasteiger partial charge in [0.2, 0.25) is 11.8 Å². The molecule has 2 unspecified atom stereocenters. The lowest BCUT2D eigenvalue weighted by Crippen LogP contribution is -2.67. The van der Waals surface area contributed by atoms with Crippen LogP contribution in [-0.2, 0) is 9.59 Å². The molecule has 2 aromatic carbocycles. The first-order chi connectivity index (χ1) is 13.0. The fraction of sp³-hybridized carbons (Fsp3) is 0.286. The summed E-state index contributed by atoms with van der Waals surface area (Å²) in [4.78, 5) is 26.7. The Bertz CT molecular complexity index is 813. The standard InChI is InChI=1S/C21H20N2O3S/c24-15-11-16(13-7-3-1-4-8-13)21(18(25)22-20(27)23-19(21)26)17(12-15)14-9-5-2-6-10-14/h1-10,15-17,24H,11-12H2,(H2,22,23,25,26,27). The number of hydrogen-bond donors (Lipinski definition) is 3. The van der Waals surface area contributed by atoms with E-state index in [2.05, 4.69) is 10.6 Å². The number of hydrogen-bond acceptors (Lipinski definition) is 4. The molecule has 6 heteroatoms. The van der Waals surface area contributed by atoms with Crippen LogP contribution in [0.15, 0.2) is 60.7 Å². The van der Waals surface area contributed by atoms with Crippen LogP contribution in [0.5, 0.6) is 0 Å². The van der Waals surface area contributed by atoms with Crippen molar-refractivity contribution in [1.29, 1.82) is 0 Å². The minimum atomic E-state index is -1.37. The van der Waals surface area contributed by atoms with E-state index in [0.717, 1.165) is 11.1 Å². The lowest BCUT2D eigenvalue weighted by atomic mass is 9.54. The fourth-order valence-electron chi connectivity index (χ4n) is 4.60. The number of carbonyl (C=O) groups is 2. The number of thiocarbonyl (C=S) groups is 1. The number of amides is 2. The maximum absolute atomic E-state index is 13.3. The zero-order chi connectivity index (χ0) is 19.0. The van der Waals surface area contributed by atoms with Crippen molar-refractivity contribution in [3.8, 4) is 0 Å². The van der Waals surface area contributed by atoms with Crippen molar-refractivity contribution in [2.45, 2.75) is 30.8 Å². The summed E-state index contributed by atoms with van der Waals surface area (Å²) in [5, 5.41) is 16.0. The lowest BCUT2D eigenvalue weighted by Gasteiger charge is -2.50. The Balaban J connectivity index is 1.93. The number of rotatable bonds is 2. The third-order valence-electron chi connectivity index (χ3n) is 5.72. The highest BCUT2D eigenvalue weighted by molar-refractivity contribution is 7.80. The molecular weight excluding hydrogens is 360 g/mol. The van der Waals surface area contributed by atoms with Crippen LogP contribution in [0.2, 0.25) is 0 Å². The van der Waals surface area contributed by atoms with Gasteiger partial charge in [0, 0.05) is 11.8 Å². The largest absolute Gasteiger partial charge is 0.393 e. The van der Waals surface area contributed by atoms with Crippen LogP contribution >= 0.6 is 12.2 Å². The Hall–Kier alpha value is -2.57. The van der Waals surface area contributed by atoms with E-state index in [4.69, 9.17) is 12.2 Å². The van der Waals surface area contributed by atoms with E-state index in [9.17, 15) is 14.7 Å². The Kier molecular flexibility index (Phi) is 4.53. The van der Waals surface area contributed by atoms with Gasteiger partial charge in [-0.15, -0.1) is 0 Å². The second-order valence-electron chi connectivity index (χ2n) is 7.16. The van der Waals surface area contributed by atoms with Crippen molar-refractivity contribution in [2.24, 2.45) is 5.41 Å². The predicted molar refractivity (Wildman–Crippen MR) is 105 cm³/mol. The highest BCUT2D eigenvalue weighted by Gasteiger charge is 2.62. The van der Waals surface area contributed by atoms with Crippen molar-refractivity contribution < 1.29 is 14.7 Å². The van der Waals surface area contributed by atoms with E-state index in [1.54, 1.807) is 0 Å². The number of benzene rings is 2. The third-order valence-corrected chi connectivity index (χ3v) is 5.93. The molecule has 2 aromatic rings. The zero-order valence-electron chi connectivity index (χ0n) is 14.6. The van der Waals surface area contributed by atoms with Crippen LogP contribution in [0, 0.1) is 5.41 Å². The molecule has 2 fully saturated rings. The molecule has 4 rings (SSSR count). The van der Waals surface area contributed by atoms with Crippen molar-refractivity contribution in [3.05, 3.63) is 71.8 Å². The number of carbonyl (C=O) groups excluding carboxylic acids is 2. The van der Waals surface area contributed by atoms with Crippen LogP contribution in [0.3, 0.4) is 0 Å². The first-order valence-electron chi connectivity index (χ1n) is 8.98. The molecular formula is C21H20N2O3S. The molecule has 0 aromatic heterocycles. The number of nitrogens with one attached hydrogen (secondary N) is 2. The summed E-state index contributed by atoms with van der Waals surface area (Å²) >= 11 is 5.03. The van der Waals surface area contributed by atoms with Crippen molar-refractivity contribution in [1.82, 2.24) is 10.6 Å². The molecule has 1 spiro atoms. The van der Waals surface area contributed by atoms with Gasteiger partial charge in [0.15, 0.2) is 5.11 Å². The molecule has 138 valence electrons. The quantitative estimate of drug-likeness (QED) is 0.551. The van der Waals surface area contributed by atoms with Gasteiger partial charge in [0.1, 0.15) is 5.41 Å². The van der Waals surface area contributed by atoms with E-state index < -0.39 is 35.2 Å². The van der Waals surface area contributed by atoms with Gasteiger partial charge >= 0.3 is 0 Å². The highest BCUT2D eigenvalue weighted by atomic mass is 32.1. The van der Waals surface area contributed by atoms with Gasteiger partial charge in [-0.25, -0.2) is 0 Å². The average Bonchev–Trinajstić information content (AvgIpc) is 2.67. The molecule has 5 nitrogen and oxygen atoms in total. The zero-order valence-corrected chi connectivity index (χ0v) is 15.4. The summed E-state index contributed by atoms with van der Waals surface area (Å²) in [5.41, 5.74) is 0.343. The van der Waals surface area contributed by atoms with Crippen molar-refractivity contribution in [2.75, 3.05) is 0 Å². The van der Waals surface area contributed by atoms with Gasteiger partial charge in [0.05, 0.1) is 6.10 Å². The molecule has 3 N–H and O–H groups in total. The molecule has 0 bridgehead atoms. The molecule has 1 saturated heterocycles. The Morgan fingerprint density at radius 3 is 1.63 bits per heavy atom. The normalized spacial score (nSPS) is 27.1. The molecule has 1 aliphatic carbocycles. The van der Waals surface area contributed by atoms with E-state index in [1.165, 1.54) is 0 Å². The molecule has 2 amide bonds. The summed E-state index contributed by atoms with van der Waals surface area (Å²) in [6, 6.07) is 18.9. The van der Waals surface area contributed by atoms with E-state index >= 15 is 0 Å². The maximum Gasteiger partial charge on any atom is 0.243 e. The van der Waals surface area contributed by atoms with Crippen LogP contribution < -0.4 is 10.6 Å². The molecule has 0 radical (unpaired) electrons. The van der Waals surface area contributed by atoms with Gasteiger partial charge in [-0.3, -0.25) is 9.59 Å². The summed E-state index contributed by atoms with van der Waals surface area (Å²) in [6.45, 7) is 0. The second kappa shape index (κ2) is 6.87. The number of aliphatic hydroxyl groups excluding tert-OH is 1. The van der Waals surface area contributed by atoms with Gasteiger partial charge < -0.3 is 15.7 Å². The monoisotopic (exact) mass is 380 g/mol. The topological polar surface area (TPSA) is 78.4 Å². The second-order valence-corrected chi connectivity index (χ2v) is 7.57. The van der Waals surface area contributed by atoms with Gasteiger partial charge in [-0.1, -0.05) is 60.7 Å². The summed E-state index contributed by atoms with van der Waals surface area (Å²) in [6.07, 6.45) is 0.0579. The van der Waals surface area contributed by atoms with E-state index in [0.29, 0.717) is 12.8 Å². The smallest absolute Gasteiger partial charge is 0.243 e. The molecule has 2 aliphatic rings. The lowest BCUT2D eigenvalue weighted by molar-refractivity contribution is -0.151.